The Morgan fingerprint density at radius 3 is 2.70 bits per heavy atom. The molecule has 0 saturated carbocycles. The zero-order valence-electron chi connectivity index (χ0n) is 11.4. The number of rotatable bonds is 5. The van der Waals surface area contributed by atoms with Gasteiger partial charge in [0, 0.05) is 30.4 Å². The maximum atomic E-state index is 10.0. The number of hydrogen-bond acceptors (Lipinski definition) is 7. The summed E-state index contributed by atoms with van der Waals surface area (Å²) < 4.78 is 0. The fourth-order valence-corrected chi connectivity index (χ4v) is 1.82. The van der Waals surface area contributed by atoms with E-state index < -0.39 is 0 Å². The summed E-state index contributed by atoms with van der Waals surface area (Å²) >= 11 is 0. The molecule has 0 unspecified atom stereocenters. The minimum atomic E-state index is 0.0838. The van der Waals surface area contributed by atoms with Crippen molar-refractivity contribution in [3.05, 3.63) is 23.8 Å². The average molecular weight is 275 g/mol. The number of hydrogen-bond donors (Lipinski definition) is 2. The molecule has 1 heterocycles. The molecule has 8 nitrogen and oxygen atoms in total. The molecule has 2 aromatic rings. The van der Waals surface area contributed by atoms with Crippen molar-refractivity contribution in [2.24, 2.45) is 5.10 Å². The summed E-state index contributed by atoms with van der Waals surface area (Å²) in [4.78, 5) is 3.22. The van der Waals surface area contributed by atoms with Crippen LogP contribution in [0.4, 0.5) is 11.6 Å². The second-order valence-electron chi connectivity index (χ2n) is 4.09. The van der Waals surface area contributed by atoms with E-state index in [1.165, 1.54) is 6.21 Å². The number of nitrogens with zero attached hydrogens (tertiary/aromatic N) is 6. The van der Waals surface area contributed by atoms with Gasteiger partial charge in [-0.3, -0.25) is 0 Å². The van der Waals surface area contributed by atoms with Crippen LogP contribution in [-0.4, -0.2) is 44.7 Å². The lowest BCUT2D eigenvalue weighted by Gasteiger charge is -2.21. The number of aromatic hydroxyl groups is 1. The van der Waals surface area contributed by atoms with Gasteiger partial charge in [0.25, 0.3) is 5.95 Å². The number of phenolic OH excluding ortho intramolecular Hbond substituents is 1. The Kier molecular flexibility index (Phi) is 4.14. The van der Waals surface area contributed by atoms with E-state index in [0.29, 0.717) is 5.56 Å². The quantitative estimate of drug-likeness (QED) is 0.778. The molecule has 0 fully saturated rings. The Balaban J connectivity index is 2.22. The first-order valence-corrected chi connectivity index (χ1v) is 6.31. The van der Waals surface area contributed by atoms with Gasteiger partial charge in [0.15, 0.2) is 0 Å². The Hall–Kier alpha value is -2.64. The van der Waals surface area contributed by atoms with E-state index >= 15 is 0 Å². The number of anilines is 2. The number of benzene rings is 1. The predicted molar refractivity (Wildman–Crippen MR) is 76.9 cm³/mol. The molecule has 0 amide bonds. The highest BCUT2D eigenvalue weighted by Gasteiger charge is 2.06. The molecule has 0 atom stereocenters. The molecule has 0 aliphatic rings. The van der Waals surface area contributed by atoms with Gasteiger partial charge in [0.2, 0.25) is 0 Å². The molecule has 0 radical (unpaired) electrons. The summed E-state index contributed by atoms with van der Waals surface area (Å²) in [6.45, 7) is 5.89. The largest absolute Gasteiger partial charge is 0.507 e. The molecule has 8 heteroatoms. The van der Waals surface area contributed by atoms with E-state index in [1.807, 2.05) is 6.07 Å². The van der Waals surface area contributed by atoms with Crippen molar-refractivity contribution in [3.8, 4) is 5.75 Å². The summed E-state index contributed by atoms with van der Waals surface area (Å²) in [5.41, 5.74) is 7.02. The lowest BCUT2D eigenvalue weighted by Crippen LogP contribution is -2.21. The van der Waals surface area contributed by atoms with Crippen LogP contribution < -0.4 is 10.6 Å². The maximum absolute atomic E-state index is 10.0. The second-order valence-corrected chi connectivity index (χ2v) is 4.09. The molecule has 0 aliphatic carbocycles. The maximum Gasteiger partial charge on any atom is 0.263 e. The van der Waals surface area contributed by atoms with Gasteiger partial charge in [0.1, 0.15) is 5.75 Å². The molecule has 20 heavy (non-hydrogen) atoms. The van der Waals surface area contributed by atoms with Crippen LogP contribution >= 0.6 is 0 Å². The van der Waals surface area contributed by atoms with Gasteiger partial charge in [-0.05, 0) is 36.4 Å². The van der Waals surface area contributed by atoms with Crippen molar-refractivity contribution in [1.29, 1.82) is 0 Å². The Morgan fingerprint density at radius 1 is 1.40 bits per heavy atom. The molecule has 1 aromatic carbocycles. The first-order chi connectivity index (χ1) is 9.65. The molecule has 106 valence electrons. The number of aromatic nitrogens is 4. The fourth-order valence-electron chi connectivity index (χ4n) is 1.82. The highest BCUT2D eigenvalue weighted by Crippen LogP contribution is 2.23. The average Bonchev–Trinajstić information content (AvgIpc) is 2.85. The first kappa shape index (κ1) is 13.8. The highest BCUT2D eigenvalue weighted by atomic mass is 16.3. The van der Waals surface area contributed by atoms with Crippen LogP contribution in [0.1, 0.15) is 19.4 Å². The van der Waals surface area contributed by atoms with Crippen LogP contribution in [0.2, 0.25) is 0 Å². The first-order valence-electron chi connectivity index (χ1n) is 6.31. The number of phenols is 1. The van der Waals surface area contributed by atoms with Crippen LogP contribution in [0, 0.1) is 0 Å². The number of nitrogens with two attached hydrogens (primary N) is 1. The number of nitrogen functional groups attached to an aromatic ring is 1. The Bertz CT molecular complexity index is 604. The summed E-state index contributed by atoms with van der Waals surface area (Å²) in [7, 11) is 0. The van der Waals surface area contributed by atoms with Gasteiger partial charge >= 0.3 is 0 Å². The van der Waals surface area contributed by atoms with Crippen LogP contribution in [0.3, 0.4) is 0 Å². The molecule has 0 bridgehead atoms. The molecule has 0 spiro atoms. The standard InChI is InChI=1S/C12H17N7O/c1-3-18(4-2)10-6-5-9(11(20)7-10)8-14-19-12(13)15-16-17-19/h5-8,20H,3-4H2,1-2H3,(H2,13,15,17)/b14-8-. The van der Waals surface area contributed by atoms with Crippen LogP contribution in [0.15, 0.2) is 23.3 Å². The van der Waals surface area contributed by atoms with Gasteiger partial charge in [-0.15, -0.1) is 0 Å². The van der Waals surface area contributed by atoms with E-state index in [1.54, 1.807) is 12.1 Å². The fraction of sp³-hybridized carbons (Fsp3) is 0.333. The van der Waals surface area contributed by atoms with Gasteiger partial charge in [-0.25, -0.2) is 0 Å². The van der Waals surface area contributed by atoms with E-state index in [4.69, 9.17) is 5.73 Å². The molecular weight excluding hydrogens is 258 g/mol. The van der Waals surface area contributed by atoms with E-state index in [9.17, 15) is 5.11 Å². The zero-order valence-corrected chi connectivity index (χ0v) is 11.4. The summed E-state index contributed by atoms with van der Waals surface area (Å²) in [6.07, 6.45) is 1.45. The molecule has 1 aromatic heterocycles. The Labute approximate surface area is 116 Å². The number of tetrazole rings is 1. The third-order valence-electron chi connectivity index (χ3n) is 2.93. The van der Waals surface area contributed by atoms with Crippen molar-refractivity contribution in [3.63, 3.8) is 0 Å². The normalized spacial score (nSPS) is 11.1. The van der Waals surface area contributed by atoms with Crippen LogP contribution in [0.5, 0.6) is 5.75 Å². The van der Waals surface area contributed by atoms with E-state index in [0.717, 1.165) is 23.6 Å². The summed E-state index contributed by atoms with van der Waals surface area (Å²) in [5.74, 6) is 0.227. The predicted octanol–water partition coefficient (Wildman–Crippen LogP) is 0.689. The topological polar surface area (TPSA) is 105 Å². The molecule has 3 N–H and O–H groups in total. The van der Waals surface area contributed by atoms with Gasteiger partial charge in [-0.1, -0.05) is 9.89 Å². The highest BCUT2D eigenvalue weighted by molar-refractivity contribution is 5.84. The van der Waals surface area contributed by atoms with E-state index in [-0.39, 0.29) is 11.7 Å². The Morgan fingerprint density at radius 2 is 2.15 bits per heavy atom. The van der Waals surface area contributed by atoms with Gasteiger partial charge < -0.3 is 15.7 Å². The van der Waals surface area contributed by atoms with Crippen molar-refractivity contribution < 1.29 is 5.11 Å². The summed E-state index contributed by atoms with van der Waals surface area (Å²) in [6, 6.07) is 5.42. The SMILES string of the molecule is CCN(CC)c1ccc(/C=N\n2nnnc2N)c(O)c1. The van der Waals surface area contributed by atoms with Crippen LogP contribution in [-0.2, 0) is 0 Å². The lowest BCUT2D eigenvalue weighted by molar-refractivity contribution is 0.474. The molecular formula is C12H17N7O. The third kappa shape index (κ3) is 2.85. The van der Waals surface area contributed by atoms with Gasteiger partial charge in [-0.2, -0.15) is 5.10 Å². The molecule has 0 aliphatic heterocycles. The monoisotopic (exact) mass is 275 g/mol. The smallest absolute Gasteiger partial charge is 0.263 e. The zero-order chi connectivity index (χ0) is 14.5. The van der Waals surface area contributed by atoms with E-state index in [2.05, 4.69) is 39.4 Å². The molecule has 0 saturated heterocycles. The minimum absolute atomic E-state index is 0.0838. The second kappa shape index (κ2) is 6.00. The summed E-state index contributed by atoms with van der Waals surface area (Å²) in [5, 5.41) is 24.4. The van der Waals surface area contributed by atoms with Crippen molar-refractivity contribution in [1.82, 2.24) is 20.3 Å². The minimum Gasteiger partial charge on any atom is -0.507 e. The van der Waals surface area contributed by atoms with Crippen molar-refractivity contribution in [2.45, 2.75) is 13.8 Å². The molecule has 2 rings (SSSR count). The van der Waals surface area contributed by atoms with Crippen molar-refractivity contribution in [2.75, 3.05) is 23.7 Å². The van der Waals surface area contributed by atoms with Gasteiger partial charge in [0.05, 0.1) is 6.21 Å². The lowest BCUT2D eigenvalue weighted by atomic mass is 10.2. The van der Waals surface area contributed by atoms with Crippen LogP contribution in [0.25, 0.3) is 0 Å². The third-order valence-corrected chi connectivity index (χ3v) is 2.93. The van der Waals surface area contributed by atoms with Crippen molar-refractivity contribution >= 4 is 17.9 Å².